The van der Waals surface area contributed by atoms with Crippen molar-refractivity contribution in [3.8, 4) is 0 Å². The first-order chi connectivity index (χ1) is 9.35. The van der Waals surface area contributed by atoms with Crippen molar-refractivity contribution in [3.63, 3.8) is 0 Å². The summed E-state index contributed by atoms with van der Waals surface area (Å²) in [6.07, 6.45) is 0. The first kappa shape index (κ1) is 14.8. The smallest absolute Gasteiger partial charge is 0.341 e. The summed E-state index contributed by atoms with van der Waals surface area (Å²) in [5.74, 6) is -4.73. The van der Waals surface area contributed by atoms with Gasteiger partial charge in [0.1, 0.15) is 16.3 Å². The van der Waals surface area contributed by atoms with Crippen LogP contribution in [0.15, 0.2) is 17.0 Å². The van der Waals surface area contributed by atoms with Crippen molar-refractivity contribution >= 4 is 16.0 Å². The van der Waals surface area contributed by atoms with Crippen LogP contribution in [0.1, 0.15) is 10.4 Å². The van der Waals surface area contributed by atoms with Gasteiger partial charge in [-0.3, -0.25) is 0 Å². The third kappa shape index (κ3) is 2.51. The molecule has 0 aliphatic carbocycles. The molecule has 0 atom stereocenters. The number of hydrogen-bond donors (Lipinski definition) is 2. The molecule has 9 heteroatoms. The lowest BCUT2D eigenvalue weighted by atomic mass is 10.2. The van der Waals surface area contributed by atoms with Crippen LogP contribution in [0.3, 0.4) is 0 Å². The van der Waals surface area contributed by atoms with E-state index in [4.69, 9.17) is 5.11 Å². The highest BCUT2D eigenvalue weighted by molar-refractivity contribution is 7.89. The highest BCUT2D eigenvalue weighted by atomic mass is 32.2. The number of rotatable bonds is 3. The number of sulfonamides is 1. The zero-order valence-corrected chi connectivity index (χ0v) is 11.1. The molecule has 1 saturated heterocycles. The van der Waals surface area contributed by atoms with Gasteiger partial charge in [0.25, 0.3) is 0 Å². The van der Waals surface area contributed by atoms with Gasteiger partial charge >= 0.3 is 5.97 Å². The second kappa shape index (κ2) is 5.43. The van der Waals surface area contributed by atoms with Crippen molar-refractivity contribution in [1.29, 1.82) is 0 Å². The van der Waals surface area contributed by atoms with E-state index in [2.05, 4.69) is 5.32 Å². The van der Waals surface area contributed by atoms with Crippen LogP contribution < -0.4 is 5.32 Å². The SMILES string of the molecule is O=C(O)c1c(F)ccc(S(=O)(=O)N2CCNCC2)c1F. The Kier molecular flexibility index (Phi) is 4.02. The Balaban J connectivity index is 2.52. The molecule has 2 N–H and O–H groups in total. The fraction of sp³-hybridized carbons (Fsp3) is 0.364. The first-order valence-corrected chi connectivity index (χ1v) is 7.22. The summed E-state index contributed by atoms with van der Waals surface area (Å²) in [5, 5.41) is 11.7. The van der Waals surface area contributed by atoms with E-state index in [1.807, 2.05) is 0 Å². The number of piperazine rings is 1. The summed E-state index contributed by atoms with van der Waals surface area (Å²) in [6, 6.07) is 1.39. The molecule has 0 saturated carbocycles. The third-order valence-corrected chi connectivity index (χ3v) is 4.88. The van der Waals surface area contributed by atoms with Crippen LogP contribution >= 0.6 is 0 Å². The third-order valence-electron chi connectivity index (χ3n) is 2.96. The van der Waals surface area contributed by atoms with Crippen LogP contribution in [0, 0.1) is 11.6 Å². The predicted molar refractivity (Wildman–Crippen MR) is 64.9 cm³/mol. The van der Waals surface area contributed by atoms with Crippen molar-refractivity contribution in [1.82, 2.24) is 9.62 Å². The van der Waals surface area contributed by atoms with E-state index in [-0.39, 0.29) is 13.1 Å². The van der Waals surface area contributed by atoms with Gasteiger partial charge in [0.15, 0.2) is 5.82 Å². The van der Waals surface area contributed by atoms with Crippen molar-refractivity contribution in [2.24, 2.45) is 0 Å². The van der Waals surface area contributed by atoms with E-state index in [0.717, 1.165) is 10.4 Å². The minimum Gasteiger partial charge on any atom is -0.477 e. The Morgan fingerprint density at radius 1 is 1.25 bits per heavy atom. The molecule has 0 aromatic heterocycles. The van der Waals surface area contributed by atoms with Gasteiger partial charge in [-0.25, -0.2) is 22.0 Å². The normalized spacial score (nSPS) is 17.1. The fourth-order valence-electron chi connectivity index (χ4n) is 1.95. The summed E-state index contributed by atoms with van der Waals surface area (Å²) in [4.78, 5) is 9.98. The largest absolute Gasteiger partial charge is 0.477 e. The number of nitrogens with zero attached hydrogens (tertiary/aromatic N) is 1. The molecule has 1 aromatic carbocycles. The summed E-state index contributed by atoms with van der Waals surface area (Å²) in [7, 11) is -4.18. The molecule has 6 nitrogen and oxygen atoms in total. The topological polar surface area (TPSA) is 86.7 Å². The van der Waals surface area contributed by atoms with Gasteiger partial charge in [0.05, 0.1) is 0 Å². The molecule has 1 heterocycles. The standard InChI is InChI=1S/C11H12F2N2O4S/c12-7-1-2-8(10(13)9(7)11(16)17)20(18,19)15-5-3-14-4-6-15/h1-2,14H,3-6H2,(H,16,17). The van der Waals surface area contributed by atoms with Crippen molar-refractivity contribution in [2.75, 3.05) is 26.2 Å². The highest BCUT2D eigenvalue weighted by Gasteiger charge is 2.32. The zero-order chi connectivity index (χ0) is 14.9. The molecule has 0 amide bonds. The number of halogens is 2. The number of nitrogens with one attached hydrogen (secondary N) is 1. The van der Waals surface area contributed by atoms with Crippen LogP contribution in [-0.2, 0) is 10.0 Å². The average molecular weight is 306 g/mol. The maximum atomic E-state index is 14.0. The summed E-state index contributed by atoms with van der Waals surface area (Å²) >= 11 is 0. The minimum absolute atomic E-state index is 0.140. The lowest BCUT2D eigenvalue weighted by Gasteiger charge is -2.26. The lowest BCUT2D eigenvalue weighted by molar-refractivity contribution is 0.0685. The maximum Gasteiger partial charge on any atom is 0.341 e. The molecule has 20 heavy (non-hydrogen) atoms. The number of carboxylic acids is 1. The minimum atomic E-state index is -4.18. The first-order valence-electron chi connectivity index (χ1n) is 5.78. The molecule has 1 aliphatic rings. The van der Waals surface area contributed by atoms with Crippen molar-refractivity contribution in [2.45, 2.75) is 4.90 Å². The van der Waals surface area contributed by atoms with Crippen molar-refractivity contribution in [3.05, 3.63) is 29.3 Å². The number of benzene rings is 1. The summed E-state index contributed by atoms with van der Waals surface area (Å²) < 4.78 is 52.8. The van der Waals surface area contributed by atoms with Gasteiger partial charge in [0.2, 0.25) is 10.0 Å². The molecular weight excluding hydrogens is 294 g/mol. The molecule has 0 radical (unpaired) electrons. The van der Waals surface area contributed by atoms with Crippen LogP contribution in [0.5, 0.6) is 0 Å². The van der Waals surface area contributed by atoms with Crippen LogP contribution in [0.4, 0.5) is 8.78 Å². The fourth-order valence-corrected chi connectivity index (χ4v) is 3.46. The van der Waals surface area contributed by atoms with E-state index < -0.39 is 38.1 Å². The van der Waals surface area contributed by atoms with E-state index >= 15 is 0 Å². The Morgan fingerprint density at radius 3 is 2.40 bits per heavy atom. The Hall–Kier alpha value is -1.58. The summed E-state index contributed by atoms with van der Waals surface area (Å²) in [5.41, 5.74) is -1.26. The second-order valence-corrected chi connectivity index (χ2v) is 6.10. The van der Waals surface area contributed by atoms with Crippen LogP contribution in [0.25, 0.3) is 0 Å². The van der Waals surface area contributed by atoms with Gasteiger partial charge in [-0.15, -0.1) is 0 Å². The second-order valence-electron chi connectivity index (χ2n) is 4.19. The van der Waals surface area contributed by atoms with Gasteiger partial charge < -0.3 is 10.4 Å². The van der Waals surface area contributed by atoms with Crippen LogP contribution in [0.2, 0.25) is 0 Å². The number of aromatic carboxylic acids is 1. The highest BCUT2D eigenvalue weighted by Crippen LogP contribution is 2.24. The number of hydrogen-bond acceptors (Lipinski definition) is 4. The predicted octanol–water partition coefficient (Wildman–Crippen LogP) is 0.257. The molecule has 1 fully saturated rings. The molecule has 0 bridgehead atoms. The summed E-state index contributed by atoms with van der Waals surface area (Å²) in [6.45, 7) is 1.10. The number of carbonyl (C=O) groups is 1. The Morgan fingerprint density at radius 2 is 1.85 bits per heavy atom. The van der Waals surface area contributed by atoms with Gasteiger partial charge in [-0.2, -0.15) is 4.31 Å². The molecule has 110 valence electrons. The van der Waals surface area contributed by atoms with E-state index in [0.29, 0.717) is 19.2 Å². The Labute approximate surface area is 114 Å². The molecular formula is C11H12F2N2O4S. The molecule has 1 aliphatic heterocycles. The maximum absolute atomic E-state index is 14.0. The molecule has 0 spiro atoms. The zero-order valence-electron chi connectivity index (χ0n) is 10.3. The van der Waals surface area contributed by atoms with Gasteiger partial charge in [-0.05, 0) is 12.1 Å². The molecule has 1 aromatic rings. The molecule has 0 unspecified atom stereocenters. The lowest BCUT2D eigenvalue weighted by Crippen LogP contribution is -2.46. The van der Waals surface area contributed by atoms with Gasteiger partial charge in [-0.1, -0.05) is 0 Å². The average Bonchev–Trinajstić information content (AvgIpc) is 2.39. The van der Waals surface area contributed by atoms with E-state index in [1.165, 1.54) is 0 Å². The van der Waals surface area contributed by atoms with E-state index in [9.17, 15) is 22.0 Å². The number of carboxylic acid groups (broad SMARTS) is 1. The van der Waals surface area contributed by atoms with E-state index in [1.54, 1.807) is 0 Å². The molecule has 2 rings (SSSR count). The van der Waals surface area contributed by atoms with Crippen LogP contribution in [-0.4, -0.2) is 50.0 Å². The van der Waals surface area contributed by atoms with Crippen molar-refractivity contribution < 1.29 is 27.1 Å². The monoisotopic (exact) mass is 306 g/mol. The Bertz CT molecular complexity index is 642. The quantitative estimate of drug-likeness (QED) is 0.836. The van der Waals surface area contributed by atoms with Gasteiger partial charge in [0, 0.05) is 26.2 Å².